The van der Waals surface area contributed by atoms with E-state index >= 15 is 0 Å². The van der Waals surface area contributed by atoms with Crippen LogP contribution in [-0.2, 0) is 20.7 Å². The van der Waals surface area contributed by atoms with Gasteiger partial charge in [0.05, 0.1) is 6.61 Å². The lowest BCUT2D eigenvalue weighted by Crippen LogP contribution is -2.44. The number of likely N-dealkylation sites (N-methyl/N-ethyl adjacent to an activating group) is 1. The predicted octanol–water partition coefficient (Wildman–Crippen LogP) is 2.54. The highest BCUT2D eigenvalue weighted by atomic mass is 19.1. The van der Waals surface area contributed by atoms with Crippen LogP contribution in [0, 0.1) is 11.7 Å². The molecule has 1 aromatic rings. The van der Waals surface area contributed by atoms with E-state index in [0.29, 0.717) is 12.8 Å². The fraction of sp³-hybridized carbons (Fsp3) is 0.368. The van der Waals surface area contributed by atoms with Gasteiger partial charge in [-0.2, -0.15) is 0 Å². The van der Waals surface area contributed by atoms with E-state index in [1.807, 2.05) is 25.1 Å². The zero-order valence-corrected chi connectivity index (χ0v) is 13.9. The molecule has 0 amide bonds. The van der Waals surface area contributed by atoms with Crippen LogP contribution in [0.5, 0.6) is 0 Å². The zero-order valence-electron chi connectivity index (χ0n) is 13.9. The number of benzene rings is 1. The molecule has 0 saturated carbocycles. The van der Waals surface area contributed by atoms with Crippen molar-refractivity contribution in [1.29, 1.82) is 0 Å². The summed E-state index contributed by atoms with van der Waals surface area (Å²) in [5.74, 6) is -0.646. The third-order valence-corrected chi connectivity index (χ3v) is 4.01. The number of ketones is 1. The molecular weight excluding hydrogens is 309 g/mol. The maximum absolute atomic E-state index is 13.0. The normalized spacial score (nSPS) is 21.8. The number of aldehydes is 1. The van der Waals surface area contributed by atoms with Gasteiger partial charge in [0.25, 0.3) is 0 Å². The van der Waals surface area contributed by atoms with Crippen molar-refractivity contribution in [2.24, 2.45) is 5.92 Å². The Morgan fingerprint density at radius 2 is 2.00 bits per heavy atom. The van der Waals surface area contributed by atoms with Crippen LogP contribution in [-0.4, -0.2) is 43.4 Å². The Labute approximate surface area is 141 Å². The maximum atomic E-state index is 13.0. The molecule has 5 heteroatoms. The summed E-state index contributed by atoms with van der Waals surface area (Å²) in [7, 11) is 3.70. The van der Waals surface area contributed by atoms with Gasteiger partial charge in [-0.1, -0.05) is 18.2 Å². The predicted molar refractivity (Wildman–Crippen MR) is 89.9 cm³/mol. The summed E-state index contributed by atoms with van der Waals surface area (Å²) in [5, 5.41) is 0. The molecule has 1 aliphatic carbocycles. The molecule has 0 fully saturated rings. The number of allylic oxidation sites excluding steroid dienone is 2. The molecule has 128 valence electrons. The minimum absolute atomic E-state index is 0.0109. The van der Waals surface area contributed by atoms with Crippen LogP contribution in [0.2, 0.25) is 0 Å². The van der Waals surface area contributed by atoms with E-state index in [9.17, 15) is 14.0 Å². The quantitative estimate of drug-likeness (QED) is 0.438. The fourth-order valence-electron chi connectivity index (χ4n) is 2.51. The molecule has 24 heavy (non-hydrogen) atoms. The lowest BCUT2D eigenvalue weighted by Gasteiger charge is -2.35. The molecule has 0 aliphatic heterocycles. The van der Waals surface area contributed by atoms with Crippen LogP contribution in [0.3, 0.4) is 0 Å². The standard InChI is InChI=1S/C19H22FNO3/c1-21(2)19(10-3-4-18(23)9-11-19)24-14-16(13-22)12-15-5-7-17(20)8-6-15/h3,5-11,13,16H,4,12,14H2,1-2H3. The van der Waals surface area contributed by atoms with Gasteiger partial charge in [-0.25, -0.2) is 4.39 Å². The first-order chi connectivity index (χ1) is 11.4. The number of nitrogens with zero attached hydrogens (tertiary/aromatic N) is 1. The van der Waals surface area contributed by atoms with Gasteiger partial charge < -0.3 is 9.53 Å². The second-order valence-corrected chi connectivity index (χ2v) is 6.09. The van der Waals surface area contributed by atoms with Gasteiger partial charge in [0, 0.05) is 12.3 Å². The second-order valence-electron chi connectivity index (χ2n) is 6.09. The fourth-order valence-corrected chi connectivity index (χ4v) is 2.51. The van der Waals surface area contributed by atoms with Gasteiger partial charge in [-0.3, -0.25) is 9.69 Å². The Hall–Kier alpha value is -2.11. The minimum atomic E-state index is -0.851. The number of hydrogen-bond acceptors (Lipinski definition) is 4. The summed E-state index contributed by atoms with van der Waals surface area (Å²) in [6.45, 7) is 0.196. The Morgan fingerprint density at radius 3 is 2.62 bits per heavy atom. The van der Waals surface area contributed by atoms with Crippen molar-refractivity contribution >= 4 is 12.1 Å². The first-order valence-electron chi connectivity index (χ1n) is 7.86. The Morgan fingerprint density at radius 1 is 1.29 bits per heavy atom. The van der Waals surface area contributed by atoms with Crippen molar-refractivity contribution in [3.05, 3.63) is 60.0 Å². The monoisotopic (exact) mass is 331 g/mol. The highest BCUT2D eigenvalue weighted by molar-refractivity contribution is 5.91. The molecule has 2 atom stereocenters. The van der Waals surface area contributed by atoms with Crippen LogP contribution >= 0.6 is 0 Å². The molecule has 0 aromatic heterocycles. The molecule has 0 N–H and O–H groups in total. The maximum Gasteiger partial charge on any atom is 0.160 e. The van der Waals surface area contributed by atoms with Gasteiger partial charge in [0.15, 0.2) is 11.5 Å². The van der Waals surface area contributed by atoms with Crippen molar-refractivity contribution in [3.8, 4) is 0 Å². The first-order valence-corrected chi connectivity index (χ1v) is 7.86. The molecule has 0 radical (unpaired) electrons. The lowest BCUT2D eigenvalue weighted by molar-refractivity contribution is -0.119. The van der Waals surface area contributed by atoms with Gasteiger partial charge in [0.2, 0.25) is 0 Å². The number of ether oxygens (including phenoxy) is 1. The highest BCUT2D eigenvalue weighted by Crippen LogP contribution is 2.23. The Balaban J connectivity index is 2.06. The van der Waals surface area contributed by atoms with E-state index in [1.54, 1.807) is 24.3 Å². The van der Waals surface area contributed by atoms with Crippen molar-refractivity contribution in [2.45, 2.75) is 18.6 Å². The molecule has 0 spiro atoms. The summed E-state index contributed by atoms with van der Waals surface area (Å²) in [6, 6.07) is 6.08. The molecule has 4 nitrogen and oxygen atoms in total. The van der Waals surface area contributed by atoms with Crippen molar-refractivity contribution in [1.82, 2.24) is 4.90 Å². The molecule has 0 heterocycles. The van der Waals surface area contributed by atoms with E-state index in [2.05, 4.69) is 0 Å². The van der Waals surface area contributed by atoms with E-state index in [4.69, 9.17) is 4.74 Å². The average molecular weight is 331 g/mol. The summed E-state index contributed by atoms with van der Waals surface area (Å²) < 4.78 is 19.0. The third-order valence-electron chi connectivity index (χ3n) is 4.01. The molecule has 0 saturated heterocycles. The van der Waals surface area contributed by atoms with Gasteiger partial charge in [-0.15, -0.1) is 0 Å². The van der Waals surface area contributed by atoms with Crippen LogP contribution < -0.4 is 0 Å². The van der Waals surface area contributed by atoms with E-state index in [-0.39, 0.29) is 24.1 Å². The van der Waals surface area contributed by atoms with Crippen LogP contribution in [0.25, 0.3) is 0 Å². The first kappa shape index (κ1) is 18.2. The average Bonchev–Trinajstić information content (AvgIpc) is 2.76. The summed E-state index contributed by atoms with van der Waals surface area (Å²) in [5.41, 5.74) is 0.0223. The summed E-state index contributed by atoms with van der Waals surface area (Å²) >= 11 is 0. The van der Waals surface area contributed by atoms with Crippen LogP contribution in [0.4, 0.5) is 4.39 Å². The van der Waals surface area contributed by atoms with E-state index < -0.39 is 5.72 Å². The van der Waals surface area contributed by atoms with Gasteiger partial charge in [-0.05, 0) is 56.4 Å². The molecule has 1 aromatic carbocycles. The van der Waals surface area contributed by atoms with E-state index in [0.717, 1.165) is 11.8 Å². The topological polar surface area (TPSA) is 46.6 Å². The largest absolute Gasteiger partial charge is 0.352 e. The molecule has 1 aliphatic rings. The van der Waals surface area contributed by atoms with Crippen molar-refractivity contribution < 1.29 is 18.7 Å². The van der Waals surface area contributed by atoms with Crippen molar-refractivity contribution in [3.63, 3.8) is 0 Å². The SMILES string of the molecule is CN(C)C1(OCC(C=O)Cc2ccc(F)cc2)C=CCC(=O)C=C1. The number of hydrogen-bond donors (Lipinski definition) is 0. The number of rotatable bonds is 7. The van der Waals surface area contributed by atoms with Crippen LogP contribution in [0.1, 0.15) is 12.0 Å². The number of carbonyl (C=O) groups excluding carboxylic acids is 2. The summed E-state index contributed by atoms with van der Waals surface area (Å²) in [4.78, 5) is 24.8. The smallest absolute Gasteiger partial charge is 0.160 e. The molecule has 2 rings (SSSR count). The Kier molecular flexibility index (Phi) is 6.17. The summed E-state index contributed by atoms with van der Waals surface area (Å²) in [6.07, 6.45) is 8.48. The minimum Gasteiger partial charge on any atom is -0.352 e. The zero-order chi connectivity index (χ0) is 17.6. The molecule has 0 bridgehead atoms. The number of carbonyl (C=O) groups is 2. The van der Waals surface area contributed by atoms with Crippen LogP contribution in [0.15, 0.2) is 48.6 Å². The Bertz CT molecular complexity index is 637. The lowest BCUT2D eigenvalue weighted by atomic mass is 10.0. The van der Waals surface area contributed by atoms with Crippen molar-refractivity contribution in [2.75, 3.05) is 20.7 Å². The number of halogens is 1. The van der Waals surface area contributed by atoms with Gasteiger partial charge >= 0.3 is 0 Å². The molecular formula is C19H22FNO3. The van der Waals surface area contributed by atoms with E-state index in [1.165, 1.54) is 18.2 Å². The second kappa shape index (κ2) is 8.13. The molecule has 2 unspecified atom stereocenters. The third kappa shape index (κ3) is 4.69. The highest BCUT2D eigenvalue weighted by Gasteiger charge is 2.30. The van der Waals surface area contributed by atoms with Gasteiger partial charge in [0.1, 0.15) is 12.1 Å².